The van der Waals surface area contributed by atoms with Gasteiger partial charge in [0, 0.05) is 16.2 Å². The number of aromatic nitrogens is 2. The zero-order valence-corrected chi connectivity index (χ0v) is 13.6. The SMILES string of the molecule is O=C(Cn1nc2c(cc1=O)CCCC2)Nc1cccc(Br)c1. The van der Waals surface area contributed by atoms with Gasteiger partial charge in [-0.3, -0.25) is 9.59 Å². The zero-order valence-electron chi connectivity index (χ0n) is 12.0. The van der Waals surface area contributed by atoms with E-state index < -0.39 is 0 Å². The molecule has 0 fully saturated rings. The molecule has 1 heterocycles. The molecule has 0 atom stereocenters. The summed E-state index contributed by atoms with van der Waals surface area (Å²) in [6.45, 7) is -0.0708. The number of aryl methyl sites for hydroxylation is 2. The van der Waals surface area contributed by atoms with Crippen molar-refractivity contribution in [3.63, 3.8) is 0 Å². The minimum atomic E-state index is -0.261. The number of hydrogen-bond acceptors (Lipinski definition) is 3. The van der Waals surface area contributed by atoms with Gasteiger partial charge in [0.05, 0.1) is 5.69 Å². The summed E-state index contributed by atoms with van der Waals surface area (Å²) in [5.74, 6) is -0.261. The maximum Gasteiger partial charge on any atom is 0.267 e. The lowest BCUT2D eigenvalue weighted by atomic mass is 9.97. The molecule has 3 rings (SSSR count). The van der Waals surface area contributed by atoms with Crippen LogP contribution in [0.1, 0.15) is 24.1 Å². The van der Waals surface area contributed by atoms with Gasteiger partial charge >= 0.3 is 0 Å². The lowest BCUT2D eigenvalue weighted by molar-refractivity contribution is -0.117. The second kappa shape index (κ2) is 6.44. The Kier molecular flexibility index (Phi) is 4.38. The Morgan fingerprint density at radius 3 is 2.91 bits per heavy atom. The predicted molar refractivity (Wildman–Crippen MR) is 87.9 cm³/mol. The average molecular weight is 362 g/mol. The summed E-state index contributed by atoms with van der Waals surface area (Å²) < 4.78 is 2.13. The molecule has 2 aromatic rings. The molecule has 0 saturated heterocycles. The van der Waals surface area contributed by atoms with E-state index in [0.29, 0.717) is 5.69 Å². The van der Waals surface area contributed by atoms with Crippen molar-refractivity contribution in [1.82, 2.24) is 9.78 Å². The van der Waals surface area contributed by atoms with Crippen LogP contribution in [0.3, 0.4) is 0 Å². The molecule has 0 bridgehead atoms. The van der Waals surface area contributed by atoms with Gasteiger partial charge in [0.25, 0.3) is 5.56 Å². The molecular formula is C16H16BrN3O2. The van der Waals surface area contributed by atoms with E-state index in [1.165, 1.54) is 4.68 Å². The number of carbonyl (C=O) groups excluding carboxylic acids is 1. The summed E-state index contributed by atoms with van der Waals surface area (Å²) in [5, 5.41) is 7.12. The van der Waals surface area contributed by atoms with Crippen LogP contribution < -0.4 is 10.9 Å². The van der Waals surface area contributed by atoms with Gasteiger partial charge in [-0.2, -0.15) is 5.10 Å². The standard InChI is InChI=1S/C16H16BrN3O2/c17-12-5-3-6-13(9-12)18-15(21)10-20-16(22)8-11-4-1-2-7-14(11)19-20/h3,5-6,8-9H,1-2,4,7,10H2,(H,18,21). The van der Waals surface area contributed by atoms with Crippen LogP contribution >= 0.6 is 15.9 Å². The predicted octanol–water partition coefficient (Wildman–Crippen LogP) is 2.52. The number of nitrogens with one attached hydrogen (secondary N) is 1. The van der Waals surface area contributed by atoms with E-state index in [9.17, 15) is 9.59 Å². The van der Waals surface area contributed by atoms with Crippen molar-refractivity contribution >= 4 is 27.5 Å². The second-order valence-corrected chi connectivity index (χ2v) is 6.29. The highest BCUT2D eigenvalue weighted by Gasteiger charge is 2.14. The van der Waals surface area contributed by atoms with E-state index in [1.807, 2.05) is 12.1 Å². The van der Waals surface area contributed by atoms with Crippen LogP contribution in [-0.2, 0) is 24.2 Å². The summed E-state index contributed by atoms with van der Waals surface area (Å²) in [6.07, 6.45) is 3.97. The second-order valence-electron chi connectivity index (χ2n) is 5.38. The first-order chi connectivity index (χ1) is 10.6. The van der Waals surface area contributed by atoms with Crippen LogP contribution in [-0.4, -0.2) is 15.7 Å². The summed E-state index contributed by atoms with van der Waals surface area (Å²) in [4.78, 5) is 24.1. The first-order valence-corrected chi connectivity index (χ1v) is 8.06. The molecule has 1 N–H and O–H groups in total. The van der Waals surface area contributed by atoms with Crippen molar-refractivity contribution in [2.24, 2.45) is 0 Å². The highest BCUT2D eigenvalue weighted by Crippen LogP contribution is 2.17. The van der Waals surface area contributed by atoms with Gasteiger partial charge in [0.2, 0.25) is 5.91 Å². The van der Waals surface area contributed by atoms with Gasteiger partial charge < -0.3 is 5.32 Å². The summed E-state index contributed by atoms with van der Waals surface area (Å²) >= 11 is 3.35. The molecule has 114 valence electrons. The Hall–Kier alpha value is -1.95. The normalized spacial score (nSPS) is 13.5. The Morgan fingerprint density at radius 1 is 1.27 bits per heavy atom. The molecule has 1 amide bonds. The summed E-state index contributed by atoms with van der Waals surface area (Å²) in [5.41, 5.74) is 2.44. The molecular weight excluding hydrogens is 346 g/mol. The van der Waals surface area contributed by atoms with Gasteiger partial charge in [-0.15, -0.1) is 0 Å². The number of fused-ring (bicyclic) bond motifs is 1. The Balaban J connectivity index is 1.75. The molecule has 6 heteroatoms. The molecule has 0 radical (unpaired) electrons. The van der Waals surface area contributed by atoms with Crippen molar-refractivity contribution in [1.29, 1.82) is 0 Å². The van der Waals surface area contributed by atoms with E-state index in [1.54, 1.807) is 18.2 Å². The van der Waals surface area contributed by atoms with Gasteiger partial charge in [0.1, 0.15) is 6.54 Å². The lowest BCUT2D eigenvalue weighted by Gasteiger charge is -2.15. The number of anilines is 1. The average Bonchev–Trinajstić information content (AvgIpc) is 2.48. The maximum absolute atomic E-state index is 12.1. The molecule has 0 spiro atoms. The van der Waals surface area contributed by atoms with E-state index in [2.05, 4.69) is 26.3 Å². The highest BCUT2D eigenvalue weighted by molar-refractivity contribution is 9.10. The van der Waals surface area contributed by atoms with Gasteiger partial charge in [-0.05, 0) is 49.4 Å². The van der Waals surface area contributed by atoms with Crippen LogP contribution in [0.15, 0.2) is 39.6 Å². The van der Waals surface area contributed by atoms with Crippen molar-refractivity contribution in [2.45, 2.75) is 32.2 Å². The quantitative estimate of drug-likeness (QED) is 0.913. The van der Waals surface area contributed by atoms with Crippen molar-refractivity contribution in [3.8, 4) is 0 Å². The molecule has 0 saturated carbocycles. The van der Waals surface area contributed by atoms with Crippen LogP contribution in [0.5, 0.6) is 0 Å². The number of amides is 1. The highest BCUT2D eigenvalue weighted by atomic mass is 79.9. The Bertz CT molecular complexity index is 770. The van der Waals surface area contributed by atoms with Gasteiger partial charge in [-0.25, -0.2) is 4.68 Å². The van der Waals surface area contributed by atoms with E-state index in [4.69, 9.17) is 0 Å². The number of rotatable bonds is 3. The van der Waals surface area contributed by atoms with Crippen molar-refractivity contribution in [2.75, 3.05) is 5.32 Å². The number of carbonyl (C=O) groups is 1. The molecule has 0 unspecified atom stereocenters. The molecule has 1 aliphatic carbocycles. The minimum Gasteiger partial charge on any atom is -0.324 e. The Labute approximate surface area is 136 Å². The smallest absolute Gasteiger partial charge is 0.267 e. The molecule has 1 aliphatic rings. The molecule has 1 aromatic heterocycles. The fourth-order valence-electron chi connectivity index (χ4n) is 2.62. The summed E-state index contributed by atoms with van der Waals surface area (Å²) in [7, 11) is 0. The van der Waals surface area contributed by atoms with E-state index in [0.717, 1.165) is 41.4 Å². The summed E-state index contributed by atoms with van der Waals surface area (Å²) in [6, 6.07) is 8.94. The number of nitrogens with zero attached hydrogens (tertiary/aromatic N) is 2. The van der Waals surface area contributed by atoms with Crippen molar-refractivity contribution in [3.05, 3.63) is 56.4 Å². The van der Waals surface area contributed by atoms with E-state index in [-0.39, 0.29) is 18.0 Å². The molecule has 1 aromatic carbocycles. The van der Waals surface area contributed by atoms with Crippen molar-refractivity contribution < 1.29 is 4.79 Å². The first-order valence-electron chi connectivity index (χ1n) is 7.27. The van der Waals surface area contributed by atoms with Gasteiger partial charge in [-0.1, -0.05) is 22.0 Å². The fourth-order valence-corrected chi connectivity index (χ4v) is 3.02. The molecule has 22 heavy (non-hydrogen) atoms. The topological polar surface area (TPSA) is 64.0 Å². The van der Waals surface area contributed by atoms with E-state index >= 15 is 0 Å². The maximum atomic E-state index is 12.1. The fraction of sp³-hybridized carbons (Fsp3) is 0.312. The van der Waals surface area contributed by atoms with Crippen LogP contribution in [0.2, 0.25) is 0 Å². The largest absolute Gasteiger partial charge is 0.324 e. The third-order valence-electron chi connectivity index (χ3n) is 3.68. The monoisotopic (exact) mass is 361 g/mol. The lowest BCUT2D eigenvalue weighted by Crippen LogP contribution is -2.31. The number of hydrogen-bond donors (Lipinski definition) is 1. The van der Waals surface area contributed by atoms with Crippen LogP contribution in [0.4, 0.5) is 5.69 Å². The number of halogens is 1. The number of benzene rings is 1. The first kappa shape index (κ1) is 15.0. The minimum absolute atomic E-state index is 0.0708. The van der Waals surface area contributed by atoms with Gasteiger partial charge in [0.15, 0.2) is 0 Å². The molecule has 0 aliphatic heterocycles. The van der Waals surface area contributed by atoms with Crippen LogP contribution in [0.25, 0.3) is 0 Å². The third kappa shape index (κ3) is 3.44. The molecule has 5 nitrogen and oxygen atoms in total. The zero-order chi connectivity index (χ0) is 15.5. The Morgan fingerprint density at radius 2 is 2.09 bits per heavy atom. The van der Waals surface area contributed by atoms with Crippen LogP contribution in [0, 0.1) is 0 Å². The third-order valence-corrected chi connectivity index (χ3v) is 4.17.